The highest BCUT2D eigenvalue weighted by Crippen LogP contribution is 2.47. The lowest BCUT2D eigenvalue weighted by Crippen LogP contribution is -1.93. The second-order valence-corrected chi connectivity index (χ2v) is 18.3. The fourth-order valence-corrected chi connectivity index (χ4v) is 11.3. The lowest BCUT2D eigenvalue weighted by molar-refractivity contribution is 1.18. The molecule has 0 fully saturated rings. The average molecular weight is 873 g/mol. The van der Waals surface area contributed by atoms with Gasteiger partial charge in [-0.2, -0.15) is 5.26 Å². The Bertz CT molecular complexity index is 4400. The molecule has 0 amide bonds. The van der Waals surface area contributed by atoms with Crippen LogP contribution in [0.4, 0.5) is 0 Å². The Balaban J connectivity index is 0.863. The zero-order chi connectivity index (χ0) is 45.6. The normalized spacial score (nSPS) is 11.8. The number of para-hydroxylation sites is 1. The third kappa shape index (κ3) is 6.12. The molecule has 13 aromatic carbocycles. The van der Waals surface area contributed by atoms with E-state index in [1.807, 2.05) is 6.07 Å². The summed E-state index contributed by atoms with van der Waals surface area (Å²) in [6.07, 6.45) is 0. The molecular formula is C67H40N2. The van der Waals surface area contributed by atoms with Crippen LogP contribution in [0.1, 0.15) is 5.56 Å². The van der Waals surface area contributed by atoms with Gasteiger partial charge in [0, 0.05) is 21.8 Å². The highest BCUT2D eigenvalue weighted by molar-refractivity contribution is 6.27. The molecule has 0 saturated heterocycles. The summed E-state index contributed by atoms with van der Waals surface area (Å²) in [5, 5.41) is 24.5. The molecule has 318 valence electrons. The summed E-state index contributed by atoms with van der Waals surface area (Å²) < 4.78 is 2.33. The fraction of sp³-hybridized carbons (Fsp3) is 0. The van der Waals surface area contributed by atoms with Crippen LogP contribution in [0.5, 0.6) is 0 Å². The van der Waals surface area contributed by atoms with Gasteiger partial charge in [-0.1, -0.05) is 194 Å². The fourth-order valence-electron chi connectivity index (χ4n) is 11.3. The van der Waals surface area contributed by atoms with Crippen molar-refractivity contribution in [3.05, 3.63) is 248 Å². The first-order chi connectivity index (χ1) is 34.2. The van der Waals surface area contributed by atoms with Crippen molar-refractivity contribution in [3.63, 3.8) is 0 Å². The number of benzene rings is 13. The zero-order valence-corrected chi connectivity index (χ0v) is 37.5. The first-order valence-electron chi connectivity index (χ1n) is 23.6. The van der Waals surface area contributed by atoms with Crippen molar-refractivity contribution in [3.8, 4) is 67.4 Å². The van der Waals surface area contributed by atoms with E-state index in [1.165, 1.54) is 104 Å². The van der Waals surface area contributed by atoms with Crippen molar-refractivity contribution in [1.82, 2.24) is 4.57 Å². The average Bonchev–Trinajstić information content (AvgIpc) is 3.76. The summed E-state index contributed by atoms with van der Waals surface area (Å²) in [6.45, 7) is 0. The maximum Gasteiger partial charge on any atom is 0.0998 e. The van der Waals surface area contributed by atoms with Gasteiger partial charge in [-0.05, 0) is 153 Å². The first-order valence-corrected chi connectivity index (χ1v) is 23.6. The van der Waals surface area contributed by atoms with Crippen molar-refractivity contribution in [1.29, 1.82) is 5.26 Å². The predicted octanol–water partition coefficient (Wildman–Crippen LogP) is 18.2. The Morgan fingerprint density at radius 1 is 0.290 bits per heavy atom. The molecule has 69 heavy (non-hydrogen) atoms. The van der Waals surface area contributed by atoms with E-state index < -0.39 is 0 Å². The van der Waals surface area contributed by atoms with E-state index in [0.717, 1.165) is 33.1 Å². The molecular weight excluding hydrogens is 833 g/mol. The smallest absolute Gasteiger partial charge is 0.0998 e. The molecule has 2 nitrogen and oxygen atoms in total. The van der Waals surface area contributed by atoms with Gasteiger partial charge in [0.25, 0.3) is 0 Å². The van der Waals surface area contributed by atoms with Crippen LogP contribution >= 0.6 is 0 Å². The van der Waals surface area contributed by atoms with Crippen molar-refractivity contribution < 1.29 is 0 Å². The summed E-state index contributed by atoms with van der Waals surface area (Å²) in [7, 11) is 0. The van der Waals surface area contributed by atoms with Crippen molar-refractivity contribution in [2.24, 2.45) is 0 Å². The second-order valence-electron chi connectivity index (χ2n) is 18.3. The number of hydrogen-bond donors (Lipinski definition) is 0. The van der Waals surface area contributed by atoms with Gasteiger partial charge in [-0.25, -0.2) is 0 Å². The molecule has 0 unspecified atom stereocenters. The largest absolute Gasteiger partial charge is 0.309 e. The zero-order valence-electron chi connectivity index (χ0n) is 37.5. The molecule has 14 aromatic rings. The molecule has 0 saturated carbocycles. The van der Waals surface area contributed by atoms with Crippen LogP contribution in [-0.4, -0.2) is 4.57 Å². The van der Waals surface area contributed by atoms with Crippen LogP contribution in [0.15, 0.2) is 243 Å². The van der Waals surface area contributed by atoms with E-state index in [-0.39, 0.29) is 0 Å². The molecule has 0 atom stereocenters. The van der Waals surface area contributed by atoms with E-state index in [9.17, 15) is 5.26 Å². The molecule has 0 spiro atoms. The molecule has 1 heterocycles. The second kappa shape index (κ2) is 15.4. The molecule has 14 rings (SSSR count). The Kier molecular flexibility index (Phi) is 8.68. The third-order valence-electron chi connectivity index (χ3n) is 14.6. The molecule has 0 aliphatic carbocycles. The molecule has 0 N–H and O–H groups in total. The van der Waals surface area contributed by atoms with E-state index in [1.54, 1.807) is 0 Å². The van der Waals surface area contributed by atoms with E-state index in [4.69, 9.17) is 0 Å². The molecule has 0 radical (unpaired) electrons. The van der Waals surface area contributed by atoms with Gasteiger partial charge in [0.05, 0.1) is 22.7 Å². The van der Waals surface area contributed by atoms with Crippen LogP contribution in [0.3, 0.4) is 0 Å². The van der Waals surface area contributed by atoms with Gasteiger partial charge in [-0.3, -0.25) is 0 Å². The summed E-state index contributed by atoms with van der Waals surface area (Å²) in [5.74, 6) is 0. The minimum Gasteiger partial charge on any atom is -0.309 e. The van der Waals surface area contributed by atoms with Gasteiger partial charge in [-0.15, -0.1) is 0 Å². The number of nitriles is 1. The number of rotatable bonds is 6. The monoisotopic (exact) mass is 872 g/mol. The highest BCUT2D eigenvalue weighted by atomic mass is 15.0. The standard InChI is InChI=1S/C67H40N2/c68-41-53-31-36-62-66-56(53)33-34-59-55(35-37-63(67(59)66)69(62)54-14-2-1-3-15-54)47-26-22-45(23-27-47)44-18-20-46(21-19-44)50-30-32-60-61(40-50)65(52-29-25-43-11-5-7-13-49(43)39-52)58-17-9-8-16-57(58)64(60)51-28-24-42-10-4-6-12-48(42)38-51/h1-40H. The SMILES string of the molecule is N#Cc1ccc2c3c1ccc1c(-c4ccc(-c5ccc(-c6ccc7c(-c8ccc9ccccc9c8)c8ccccc8c(-c8ccc9ccccc9c8)c7c6)cc5)cc4)ccc(c13)n2-c1ccccc1. The number of fused-ring (bicyclic) bond motifs is 4. The Morgan fingerprint density at radius 2 is 0.739 bits per heavy atom. The molecule has 0 aliphatic heterocycles. The minimum absolute atomic E-state index is 0.698. The minimum atomic E-state index is 0.698. The van der Waals surface area contributed by atoms with Crippen molar-refractivity contribution in [2.45, 2.75) is 0 Å². The summed E-state index contributed by atoms with van der Waals surface area (Å²) in [6, 6.07) is 90.9. The van der Waals surface area contributed by atoms with Gasteiger partial charge < -0.3 is 4.57 Å². The van der Waals surface area contributed by atoms with Crippen LogP contribution in [-0.2, 0) is 0 Å². The highest BCUT2D eigenvalue weighted by Gasteiger charge is 2.22. The van der Waals surface area contributed by atoms with Crippen LogP contribution < -0.4 is 0 Å². The lowest BCUT2D eigenvalue weighted by atomic mass is 9.84. The quantitative estimate of drug-likeness (QED) is 0.121. The summed E-state index contributed by atoms with van der Waals surface area (Å²) in [5.41, 5.74) is 16.0. The topological polar surface area (TPSA) is 28.7 Å². The first kappa shape index (κ1) is 38.9. The number of nitrogens with zero attached hydrogens (tertiary/aromatic N) is 2. The van der Waals surface area contributed by atoms with Gasteiger partial charge in [0.1, 0.15) is 0 Å². The van der Waals surface area contributed by atoms with E-state index in [0.29, 0.717) is 5.56 Å². The summed E-state index contributed by atoms with van der Waals surface area (Å²) in [4.78, 5) is 0. The number of hydrogen-bond acceptors (Lipinski definition) is 1. The Morgan fingerprint density at radius 3 is 1.36 bits per heavy atom. The third-order valence-corrected chi connectivity index (χ3v) is 14.6. The number of aromatic nitrogens is 1. The molecule has 0 aliphatic rings. The Hall–Kier alpha value is -9.29. The molecule has 2 heteroatoms. The maximum atomic E-state index is 10.1. The van der Waals surface area contributed by atoms with Crippen molar-refractivity contribution in [2.75, 3.05) is 0 Å². The van der Waals surface area contributed by atoms with Gasteiger partial charge >= 0.3 is 0 Å². The maximum absolute atomic E-state index is 10.1. The Labute approximate surface area is 399 Å². The van der Waals surface area contributed by atoms with E-state index in [2.05, 4.69) is 247 Å². The van der Waals surface area contributed by atoms with Gasteiger partial charge in [0.15, 0.2) is 0 Å². The van der Waals surface area contributed by atoms with Crippen LogP contribution in [0.25, 0.3) is 137 Å². The molecule has 0 bridgehead atoms. The van der Waals surface area contributed by atoms with Crippen molar-refractivity contribution >= 4 is 75.7 Å². The summed E-state index contributed by atoms with van der Waals surface area (Å²) >= 11 is 0. The molecule has 1 aromatic heterocycles. The lowest BCUT2D eigenvalue weighted by Gasteiger charge is -2.19. The van der Waals surface area contributed by atoms with Crippen LogP contribution in [0, 0.1) is 11.3 Å². The predicted molar refractivity (Wildman–Crippen MR) is 291 cm³/mol. The van der Waals surface area contributed by atoms with E-state index >= 15 is 0 Å². The van der Waals surface area contributed by atoms with Crippen LogP contribution in [0.2, 0.25) is 0 Å². The van der Waals surface area contributed by atoms with Gasteiger partial charge in [0.2, 0.25) is 0 Å².